The number of hydrazone groups is 1. The number of benzene rings is 2. The number of carbonyl (C=O) groups excluding carboxylic acids is 1. The van der Waals surface area contributed by atoms with Gasteiger partial charge in [-0.2, -0.15) is 5.10 Å². The van der Waals surface area contributed by atoms with Crippen molar-refractivity contribution in [3.05, 3.63) is 47.5 Å². The smallest absolute Gasteiger partial charge is 0.240 e. The molecule has 1 aliphatic rings. The lowest BCUT2D eigenvalue weighted by atomic mass is 9.96. The molecule has 0 aromatic heterocycles. The number of carbonyl (C=O) groups is 1. The van der Waals surface area contributed by atoms with Crippen molar-refractivity contribution in [1.82, 2.24) is 5.01 Å². The average Bonchev–Trinajstić information content (AvgIpc) is 3.17. The second-order valence-corrected chi connectivity index (χ2v) is 6.25. The Morgan fingerprint density at radius 2 is 1.61 bits per heavy atom. The number of rotatable bonds is 6. The third kappa shape index (κ3) is 3.35. The van der Waals surface area contributed by atoms with Crippen molar-refractivity contribution < 1.29 is 23.7 Å². The van der Waals surface area contributed by atoms with E-state index in [-0.39, 0.29) is 11.9 Å². The molecule has 2 aromatic rings. The minimum atomic E-state index is -0.327. The fourth-order valence-corrected chi connectivity index (χ4v) is 3.48. The molecule has 0 bridgehead atoms. The van der Waals surface area contributed by atoms with E-state index in [0.717, 1.165) is 16.8 Å². The summed E-state index contributed by atoms with van der Waals surface area (Å²) in [5.74, 6) is 2.11. The molecular weight excluding hydrogens is 360 g/mol. The second kappa shape index (κ2) is 8.21. The van der Waals surface area contributed by atoms with Crippen LogP contribution < -0.4 is 18.9 Å². The lowest BCUT2D eigenvalue weighted by Gasteiger charge is -2.24. The topological polar surface area (TPSA) is 69.6 Å². The highest BCUT2D eigenvalue weighted by molar-refractivity contribution is 6.05. The normalized spacial score (nSPS) is 15.8. The van der Waals surface area contributed by atoms with E-state index < -0.39 is 0 Å². The molecule has 148 valence electrons. The molecule has 7 nitrogen and oxygen atoms in total. The molecule has 7 heteroatoms. The highest BCUT2D eigenvalue weighted by Crippen LogP contribution is 2.46. The minimum Gasteiger partial charge on any atom is -0.496 e. The minimum absolute atomic E-state index is 0.160. The summed E-state index contributed by atoms with van der Waals surface area (Å²) in [6, 6.07) is 11.0. The number of para-hydroxylation sites is 1. The molecule has 0 radical (unpaired) electrons. The fraction of sp³-hybridized carbons (Fsp3) is 0.333. The Morgan fingerprint density at radius 1 is 0.929 bits per heavy atom. The van der Waals surface area contributed by atoms with Gasteiger partial charge >= 0.3 is 0 Å². The predicted octanol–water partition coefficient (Wildman–Crippen LogP) is 3.42. The highest BCUT2D eigenvalue weighted by Gasteiger charge is 2.35. The molecule has 0 saturated heterocycles. The van der Waals surface area contributed by atoms with Crippen LogP contribution in [0.25, 0.3) is 0 Å². The van der Waals surface area contributed by atoms with Crippen LogP contribution in [0, 0.1) is 0 Å². The first-order valence-electron chi connectivity index (χ1n) is 8.85. The molecule has 0 spiro atoms. The Labute approximate surface area is 164 Å². The monoisotopic (exact) mass is 384 g/mol. The third-order valence-corrected chi connectivity index (χ3v) is 4.74. The fourth-order valence-electron chi connectivity index (χ4n) is 3.48. The molecule has 28 heavy (non-hydrogen) atoms. The largest absolute Gasteiger partial charge is 0.496 e. The highest BCUT2D eigenvalue weighted by atomic mass is 16.5. The molecule has 1 heterocycles. The summed E-state index contributed by atoms with van der Waals surface area (Å²) in [7, 11) is 6.30. The van der Waals surface area contributed by atoms with E-state index in [0.29, 0.717) is 29.4 Å². The molecule has 1 aliphatic heterocycles. The van der Waals surface area contributed by atoms with Crippen LogP contribution in [-0.4, -0.2) is 45.1 Å². The number of amides is 1. The van der Waals surface area contributed by atoms with Crippen molar-refractivity contribution in [1.29, 1.82) is 0 Å². The first kappa shape index (κ1) is 19.5. The zero-order chi connectivity index (χ0) is 20.3. The standard InChI is InChI=1S/C21H24N2O5/c1-13(24)23-17(12-16(22-23)14-8-6-7-9-18(14)25-2)15-10-11-19(26-3)21(28-5)20(15)27-4/h6-11,17H,12H2,1-5H3/t17-/m0/s1. The number of nitrogens with zero attached hydrogens (tertiary/aromatic N) is 2. The van der Waals surface area contributed by atoms with Gasteiger partial charge in [0.15, 0.2) is 11.5 Å². The average molecular weight is 384 g/mol. The van der Waals surface area contributed by atoms with E-state index in [1.54, 1.807) is 34.5 Å². The van der Waals surface area contributed by atoms with E-state index in [1.165, 1.54) is 11.9 Å². The van der Waals surface area contributed by atoms with Gasteiger partial charge in [-0.15, -0.1) is 0 Å². The van der Waals surface area contributed by atoms with Crippen molar-refractivity contribution in [2.45, 2.75) is 19.4 Å². The van der Waals surface area contributed by atoms with Gasteiger partial charge in [-0.3, -0.25) is 4.79 Å². The number of methoxy groups -OCH3 is 4. The van der Waals surface area contributed by atoms with Crippen molar-refractivity contribution in [2.24, 2.45) is 5.10 Å². The summed E-state index contributed by atoms with van der Waals surface area (Å²) in [5.41, 5.74) is 2.43. The first-order chi connectivity index (χ1) is 13.5. The Balaban J connectivity index is 2.07. The molecule has 0 fully saturated rings. The van der Waals surface area contributed by atoms with Crippen molar-refractivity contribution in [3.8, 4) is 23.0 Å². The predicted molar refractivity (Wildman–Crippen MR) is 106 cm³/mol. The summed E-state index contributed by atoms with van der Waals surface area (Å²) in [6.07, 6.45) is 0.520. The van der Waals surface area contributed by atoms with Gasteiger partial charge in [0.2, 0.25) is 11.7 Å². The van der Waals surface area contributed by atoms with Crippen LogP contribution in [0.3, 0.4) is 0 Å². The summed E-state index contributed by atoms with van der Waals surface area (Å²) in [6.45, 7) is 1.49. The van der Waals surface area contributed by atoms with Crippen LogP contribution in [0.4, 0.5) is 0 Å². The number of ether oxygens (including phenoxy) is 4. The molecule has 0 N–H and O–H groups in total. The molecule has 1 amide bonds. The maximum absolute atomic E-state index is 12.3. The van der Waals surface area contributed by atoms with Gasteiger partial charge in [-0.25, -0.2) is 5.01 Å². The Morgan fingerprint density at radius 3 is 2.21 bits per heavy atom. The third-order valence-electron chi connectivity index (χ3n) is 4.74. The molecule has 3 rings (SSSR count). The summed E-state index contributed by atoms with van der Waals surface area (Å²) in [5, 5.41) is 6.07. The van der Waals surface area contributed by atoms with Gasteiger partial charge in [-0.05, 0) is 24.3 Å². The zero-order valence-corrected chi connectivity index (χ0v) is 16.7. The summed E-state index contributed by atoms with van der Waals surface area (Å²) < 4.78 is 21.9. The van der Waals surface area contributed by atoms with Gasteiger partial charge in [0.1, 0.15) is 5.75 Å². The van der Waals surface area contributed by atoms with E-state index >= 15 is 0 Å². The maximum atomic E-state index is 12.3. The first-order valence-corrected chi connectivity index (χ1v) is 8.85. The summed E-state index contributed by atoms with van der Waals surface area (Å²) >= 11 is 0. The van der Waals surface area contributed by atoms with E-state index in [1.807, 2.05) is 30.3 Å². The van der Waals surface area contributed by atoms with Gasteiger partial charge in [0, 0.05) is 24.5 Å². The molecule has 0 saturated carbocycles. The zero-order valence-electron chi connectivity index (χ0n) is 16.7. The van der Waals surface area contributed by atoms with E-state index in [9.17, 15) is 4.79 Å². The van der Waals surface area contributed by atoms with Crippen molar-refractivity contribution in [2.75, 3.05) is 28.4 Å². The van der Waals surface area contributed by atoms with Crippen molar-refractivity contribution in [3.63, 3.8) is 0 Å². The lowest BCUT2D eigenvalue weighted by molar-refractivity contribution is -0.130. The summed E-state index contributed by atoms with van der Waals surface area (Å²) in [4.78, 5) is 12.3. The molecule has 0 aliphatic carbocycles. The van der Waals surface area contributed by atoms with Crippen LogP contribution in [0.1, 0.15) is 30.5 Å². The number of hydrogen-bond acceptors (Lipinski definition) is 6. The van der Waals surface area contributed by atoms with Crippen LogP contribution in [0.5, 0.6) is 23.0 Å². The maximum Gasteiger partial charge on any atom is 0.240 e. The van der Waals surface area contributed by atoms with Gasteiger partial charge in [-0.1, -0.05) is 12.1 Å². The lowest BCUT2D eigenvalue weighted by Crippen LogP contribution is -2.24. The van der Waals surface area contributed by atoms with Crippen LogP contribution >= 0.6 is 0 Å². The Hall–Kier alpha value is -3.22. The number of hydrogen-bond donors (Lipinski definition) is 0. The SMILES string of the molecule is COc1ccccc1C1=NN(C(C)=O)[C@H](c2ccc(OC)c(OC)c2OC)C1. The molecule has 0 unspecified atom stereocenters. The Kier molecular flexibility index (Phi) is 5.73. The second-order valence-electron chi connectivity index (χ2n) is 6.25. The quantitative estimate of drug-likeness (QED) is 0.763. The van der Waals surface area contributed by atoms with Crippen LogP contribution in [0.15, 0.2) is 41.5 Å². The molecule has 1 atom stereocenters. The molecule has 2 aromatic carbocycles. The molecular formula is C21H24N2O5. The van der Waals surface area contributed by atoms with Crippen LogP contribution in [-0.2, 0) is 4.79 Å². The Bertz CT molecular complexity index is 910. The van der Waals surface area contributed by atoms with Gasteiger partial charge in [0.25, 0.3) is 0 Å². The van der Waals surface area contributed by atoms with Crippen LogP contribution in [0.2, 0.25) is 0 Å². The van der Waals surface area contributed by atoms with E-state index in [2.05, 4.69) is 5.10 Å². The van der Waals surface area contributed by atoms with Crippen molar-refractivity contribution >= 4 is 11.6 Å². The van der Waals surface area contributed by atoms with Gasteiger partial charge in [0.05, 0.1) is 40.2 Å². The van der Waals surface area contributed by atoms with E-state index in [4.69, 9.17) is 18.9 Å². The van der Waals surface area contributed by atoms with Gasteiger partial charge < -0.3 is 18.9 Å².